The molecule has 5 nitrogen and oxygen atoms in total. The number of aromatic nitrogens is 3. The molecular formula is C19H18ClF4N5. The number of benzene rings is 2. The van der Waals surface area contributed by atoms with Gasteiger partial charge in [0.25, 0.3) is 0 Å². The Morgan fingerprint density at radius 1 is 1.14 bits per heavy atom. The highest BCUT2D eigenvalue weighted by Crippen LogP contribution is 2.30. The summed E-state index contributed by atoms with van der Waals surface area (Å²) in [6.07, 6.45) is -1.93. The summed E-state index contributed by atoms with van der Waals surface area (Å²) in [6.45, 7) is 1.15. The minimum atomic E-state index is -4.38. The van der Waals surface area contributed by atoms with Gasteiger partial charge in [-0.3, -0.25) is 4.68 Å². The molecule has 0 aliphatic carbocycles. The first-order valence-electron chi connectivity index (χ1n) is 8.68. The Morgan fingerprint density at radius 3 is 2.52 bits per heavy atom. The van der Waals surface area contributed by atoms with Crippen molar-refractivity contribution in [2.75, 3.05) is 17.2 Å². The van der Waals surface area contributed by atoms with E-state index in [1.54, 1.807) is 25.1 Å². The fraction of sp³-hybridized carbons (Fsp3) is 0.263. The second-order valence-electron chi connectivity index (χ2n) is 6.52. The van der Waals surface area contributed by atoms with Crippen molar-refractivity contribution in [3.8, 4) is 0 Å². The lowest BCUT2D eigenvalue weighted by Crippen LogP contribution is -2.33. The second kappa shape index (κ2) is 8.69. The number of anilines is 3. The zero-order chi connectivity index (χ0) is 21.0. The molecule has 29 heavy (non-hydrogen) atoms. The standard InChI is InChI=1S/C19H18ClF4N5/c1-12-6-15(28-18-4-2-14(21)7-16(18)20)3-5-17(12)26-8-13(19(22,23)24)9-29-11-25-10-27-29/h2-7,10-11,13,26,28H,8-9H2,1H3. The van der Waals surface area contributed by atoms with Gasteiger partial charge in [-0.05, 0) is 48.9 Å². The van der Waals surface area contributed by atoms with Gasteiger partial charge in [-0.15, -0.1) is 0 Å². The lowest BCUT2D eigenvalue weighted by molar-refractivity contribution is -0.174. The third-order valence-electron chi connectivity index (χ3n) is 4.31. The minimum absolute atomic E-state index is 0.228. The van der Waals surface area contributed by atoms with Crippen molar-refractivity contribution in [2.24, 2.45) is 5.92 Å². The Labute approximate surface area is 169 Å². The SMILES string of the molecule is Cc1cc(Nc2ccc(F)cc2Cl)ccc1NCC(Cn1cncn1)C(F)(F)F. The van der Waals surface area contributed by atoms with Crippen LogP contribution in [-0.2, 0) is 6.54 Å². The molecule has 0 bridgehead atoms. The van der Waals surface area contributed by atoms with Crippen LogP contribution in [0.3, 0.4) is 0 Å². The molecule has 10 heteroatoms. The minimum Gasteiger partial charge on any atom is -0.384 e. The third kappa shape index (κ3) is 5.60. The zero-order valence-corrected chi connectivity index (χ0v) is 16.1. The number of nitrogens with one attached hydrogen (secondary N) is 2. The second-order valence-corrected chi connectivity index (χ2v) is 6.92. The number of alkyl halides is 3. The Morgan fingerprint density at radius 2 is 1.90 bits per heavy atom. The summed E-state index contributed by atoms with van der Waals surface area (Å²) in [5.74, 6) is -2.07. The Balaban J connectivity index is 1.67. The molecule has 3 rings (SSSR count). The lowest BCUT2D eigenvalue weighted by Gasteiger charge is -2.22. The van der Waals surface area contributed by atoms with Crippen molar-refractivity contribution < 1.29 is 17.6 Å². The van der Waals surface area contributed by atoms with Crippen LogP contribution in [0, 0.1) is 18.7 Å². The molecule has 0 radical (unpaired) electrons. The fourth-order valence-corrected chi connectivity index (χ4v) is 2.97. The number of hydrogen-bond donors (Lipinski definition) is 2. The number of nitrogens with zero attached hydrogens (tertiary/aromatic N) is 3. The van der Waals surface area contributed by atoms with Crippen LogP contribution in [0.2, 0.25) is 5.02 Å². The molecule has 0 saturated carbocycles. The molecule has 0 spiro atoms. The Hall–Kier alpha value is -2.81. The van der Waals surface area contributed by atoms with Gasteiger partial charge in [0.2, 0.25) is 0 Å². The van der Waals surface area contributed by atoms with Gasteiger partial charge in [-0.2, -0.15) is 18.3 Å². The predicted molar refractivity (Wildman–Crippen MR) is 104 cm³/mol. The van der Waals surface area contributed by atoms with Gasteiger partial charge in [0.1, 0.15) is 18.5 Å². The molecule has 2 aromatic carbocycles. The average Bonchev–Trinajstić information content (AvgIpc) is 3.14. The normalized spacial score (nSPS) is 12.6. The molecule has 0 amide bonds. The summed E-state index contributed by atoms with van der Waals surface area (Å²) >= 11 is 6.00. The molecule has 1 heterocycles. The van der Waals surface area contributed by atoms with E-state index in [2.05, 4.69) is 20.7 Å². The molecule has 0 aliphatic heterocycles. The molecule has 1 aromatic heterocycles. The van der Waals surface area contributed by atoms with Crippen LogP contribution in [0.25, 0.3) is 0 Å². The van der Waals surface area contributed by atoms with E-state index in [1.807, 2.05) is 0 Å². The maximum atomic E-state index is 13.3. The van der Waals surface area contributed by atoms with Gasteiger partial charge in [-0.1, -0.05) is 11.6 Å². The van der Waals surface area contributed by atoms with Gasteiger partial charge in [0.15, 0.2) is 0 Å². The van der Waals surface area contributed by atoms with Crippen LogP contribution in [0.1, 0.15) is 5.56 Å². The third-order valence-corrected chi connectivity index (χ3v) is 4.63. The van der Waals surface area contributed by atoms with Gasteiger partial charge in [-0.25, -0.2) is 9.37 Å². The van der Waals surface area contributed by atoms with Crippen molar-refractivity contribution in [3.05, 3.63) is 65.5 Å². The first-order chi connectivity index (χ1) is 13.7. The molecule has 2 N–H and O–H groups in total. The molecule has 1 unspecified atom stereocenters. The van der Waals surface area contributed by atoms with Crippen LogP contribution >= 0.6 is 11.6 Å². The van der Waals surface area contributed by atoms with Crippen LogP contribution in [-0.4, -0.2) is 27.5 Å². The first-order valence-corrected chi connectivity index (χ1v) is 9.06. The molecule has 3 aromatic rings. The lowest BCUT2D eigenvalue weighted by atomic mass is 10.1. The molecule has 1 atom stereocenters. The zero-order valence-electron chi connectivity index (χ0n) is 15.3. The summed E-state index contributed by atoms with van der Waals surface area (Å²) in [7, 11) is 0. The van der Waals surface area contributed by atoms with E-state index in [4.69, 9.17) is 11.6 Å². The monoisotopic (exact) mass is 427 g/mol. The van der Waals surface area contributed by atoms with Crippen LogP contribution in [0.15, 0.2) is 49.1 Å². The van der Waals surface area contributed by atoms with Crippen molar-refractivity contribution in [3.63, 3.8) is 0 Å². The van der Waals surface area contributed by atoms with Gasteiger partial charge in [0.05, 0.1) is 23.2 Å². The Bertz CT molecular complexity index is 960. The fourth-order valence-electron chi connectivity index (χ4n) is 2.76. The molecule has 154 valence electrons. The maximum Gasteiger partial charge on any atom is 0.395 e. The summed E-state index contributed by atoms with van der Waals surface area (Å²) in [5.41, 5.74) is 2.53. The van der Waals surface area contributed by atoms with Gasteiger partial charge >= 0.3 is 6.18 Å². The number of aryl methyl sites for hydroxylation is 1. The summed E-state index contributed by atoms with van der Waals surface area (Å²) in [4.78, 5) is 3.67. The van der Waals surface area contributed by atoms with Gasteiger partial charge in [0, 0.05) is 17.9 Å². The highest BCUT2D eigenvalue weighted by Gasteiger charge is 2.39. The van der Waals surface area contributed by atoms with Crippen LogP contribution in [0.5, 0.6) is 0 Å². The number of rotatable bonds is 7. The Kier molecular flexibility index (Phi) is 6.26. The van der Waals surface area contributed by atoms with E-state index in [-0.39, 0.29) is 18.1 Å². The first kappa shape index (κ1) is 20.9. The van der Waals surface area contributed by atoms with Gasteiger partial charge < -0.3 is 10.6 Å². The quantitative estimate of drug-likeness (QED) is 0.495. The smallest absolute Gasteiger partial charge is 0.384 e. The summed E-state index contributed by atoms with van der Waals surface area (Å²) in [6, 6.07) is 9.13. The summed E-state index contributed by atoms with van der Waals surface area (Å²) in [5, 5.41) is 9.89. The molecular weight excluding hydrogens is 410 g/mol. The van der Waals surface area contributed by atoms with Crippen molar-refractivity contribution in [2.45, 2.75) is 19.6 Å². The van der Waals surface area contributed by atoms with E-state index >= 15 is 0 Å². The van der Waals surface area contributed by atoms with Crippen LogP contribution < -0.4 is 10.6 Å². The van der Waals surface area contributed by atoms with E-state index in [1.165, 1.54) is 30.9 Å². The molecule has 0 aliphatic rings. The molecule has 0 saturated heterocycles. The van der Waals surface area contributed by atoms with E-state index in [0.717, 1.165) is 10.2 Å². The summed E-state index contributed by atoms with van der Waals surface area (Å²) < 4.78 is 54.3. The van der Waals surface area contributed by atoms with Crippen molar-refractivity contribution in [1.29, 1.82) is 0 Å². The van der Waals surface area contributed by atoms with Crippen LogP contribution in [0.4, 0.5) is 34.6 Å². The van der Waals surface area contributed by atoms with E-state index in [9.17, 15) is 17.6 Å². The topological polar surface area (TPSA) is 54.8 Å². The average molecular weight is 428 g/mol. The van der Waals surface area contributed by atoms with E-state index in [0.29, 0.717) is 17.1 Å². The predicted octanol–water partition coefficient (Wildman–Crippen LogP) is 5.41. The highest BCUT2D eigenvalue weighted by molar-refractivity contribution is 6.33. The van der Waals surface area contributed by atoms with Crippen molar-refractivity contribution in [1.82, 2.24) is 14.8 Å². The number of hydrogen-bond acceptors (Lipinski definition) is 4. The highest BCUT2D eigenvalue weighted by atomic mass is 35.5. The largest absolute Gasteiger partial charge is 0.395 e. The van der Waals surface area contributed by atoms with E-state index < -0.39 is 17.9 Å². The maximum absolute atomic E-state index is 13.3. The molecule has 0 fully saturated rings. The number of halogens is 5. The van der Waals surface area contributed by atoms with Crippen molar-refractivity contribution >= 4 is 28.7 Å².